The molecule has 0 saturated carbocycles. The summed E-state index contributed by atoms with van der Waals surface area (Å²) in [4.78, 5) is 11.7. The number of carbonyl (C=O) groups excluding carboxylic acids is 1. The van der Waals surface area contributed by atoms with E-state index in [1.54, 1.807) is 0 Å². The number of benzene rings is 1. The molecule has 0 N–H and O–H groups in total. The van der Waals surface area contributed by atoms with Crippen molar-refractivity contribution in [2.75, 3.05) is 14.2 Å². The number of esters is 1. The predicted octanol–water partition coefficient (Wildman–Crippen LogP) is 4.38. The van der Waals surface area contributed by atoms with Gasteiger partial charge < -0.3 is 14.2 Å². The summed E-state index contributed by atoms with van der Waals surface area (Å²) < 4.78 is 15.4. The molecule has 0 heterocycles. The molecule has 1 aromatic carbocycles. The fourth-order valence-electron chi connectivity index (χ4n) is 2.63. The minimum absolute atomic E-state index is 0.0325. The Bertz CT molecular complexity index is 614. The Morgan fingerprint density at radius 3 is 2.74 bits per heavy atom. The highest BCUT2D eigenvalue weighted by Crippen LogP contribution is 2.30. The van der Waals surface area contributed by atoms with Gasteiger partial charge in [-0.3, -0.25) is 0 Å². The van der Waals surface area contributed by atoms with Gasteiger partial charge >= 0.3 is 5.97 Å². The molecule has 4 nitrogen and oxygen atoms in total. The zero-order valence-electron chi connectivity index (χ0n) is 14.1. The molecular weight excluding hydrogens is 292 g/mol. The van der Waals surface area contributed by atoms with Gasteiger partial charge in [0.1, 0.15) is 12.0 Å². The molecule has 0 bridgehead atoms. The van der Waals surface area contributed by atoms with Gasteiger partial charge in [0.05, 0.1) is 14.2 Å². The van der Waals surface area contributed by atoms with Crippen molar-refractivity contribution in [2.24, 2.45) is 0 Å². The van der Waals surface area contributed by atoms with E-state index in [0.717, 1.165) is 24.0 Å². The lowest BCUT2D eigenvalue weighted by molar-refractivity contribution is -0.138. The molecule has 1 aliphatic rings. The smallest absolute Gasteiger partial charge is 0.377 e. The lowest BCUT2D eigenvalue weighted by atomic mass is 9.99. The van der Waals surface area contributed by atoms with E-state index in [0.29, 0.717) is 5.75 Å². The van der Waals surface area contributed by atoms with Gasteiger partial charge in [0.15, 0.2) is 0 Å². The molecule has 0 amide bonds. The molecule has 4 heteroatoms. The first-order valence-corrected chi connectivity index (χ1v) is 7.95. The second-order valence-electron chi connectivity index (χ2n) is 5.62. The summed E-state index contributed by atoms with van der Waals surface area (Å²) in [5.41, 5.74) is 3.45. The molecule has 0 fully saturated rings. The maximum absolute atomic E-state index is 11.7. The van der Waals surface area contributed by atoms with E-state index >= 15 is 0 Å². The largest absolute Gasteiger partial charge is 0.500 e. The molecule has 1 aliphatic carbocycles. The monoisotopic (exact) mass is 316 g/mol. The quantitative estimate of drug-likeness (QED) is 0.459. The number of methoxy groups -OCH3 is 2. The summed E-state index contributed by atoms with van der Waals surface area (Å²) >= 11 is 0. The molecule has 0 atom stereocenters. The van der Waals surface area contributed by atoms with E-state index < -0.39 is 5.97 Å². The van der Waals surface area contributed by atoms with Crippen molar-refractivity contribution in [3.63, 3.8) is 0 Å². The molecule has 0 saturated heterocycles. The van der Waals surface area contributed by atoms with E-state index in [2.05, 4.69) is 12.1 Å². The molecular formula is C19H24O4. The van der Waals surface area contributed by atoms with Gasteiger partial charge in [-0.25, -0.2) is 4.79 Å². The summed E-state index contributed by atoms with van der Waals surface area (Å²) in [6.45, 7) is 1.95. The van der Waals surface area contributed by atoms with Crippen LogP contribution in [0.2, 0.25) is 0 Å². The van der Waals surface area contributed by atoms with Crippen LogP contribution in [0, 0.1) is 6.92 Å². The van der Waals surface area contributed by atoms with Crippen molar-refractivity contribution >= 4 is 11.5 Å². The minimum atomic E-state index is -0.565. The molecule has 0 aliphatic heterocycles. The molecule has 23 heavy (non-hydrogen) atoms. The van der Waals surface area contributed by atoms with Crippen molar-refractivity contribution in [3.05, 3.63) is 47.4 Å². The maximum Gasteiger partial charge on any atom is 0.377 e. The van der Waals surface area contributed by atoms with Crippen molar-refractivity contribution < 1.29 is 19.0 Å². The van der Waals surface area contributed by atoms with Gasteiger partial charge in [0, 0.05) is 0 Å². The first kappa shape index (κ1) is 17.1. The van der Waals surface area contributed by atoms with Gasteiger partial charge in [-0.15, -0.1) is 0 Å². The van der Waals surface area contributed by atoms with Gasteiger partial charge in [0.2, 0.25) is 5.76 Å². The van der Waals surface area contributed by atoms with E-state index in [1.807, 2.05) is 19.1 Å². The van der Waals surface area contributed by atoms with Crippen LogP contribution < -0.4 is 4.74 Å². The first-order chi connectivity index (χ1) is 11.2. The summed E-state index contributed by atoms with van der Waals surface area (Å²) in [6, 6.07) is 6.11. The van der Waals surface area contributed by atoms with Crippen molar-refractivity contribution in [2.45, 2.75) is 39.0 Å². The Balaban J connectivity index is 2.28. The molecule has 124 valence electrons. The van der Waals surface area contributed by atoms with Crippen LogP contribution in [0.1, 0.15) is 43.2 Å². The van der Waals surface area contributed by atoms with E-state index in [9.17, 15) is 4.79 Å². The Kier molecular flexibility index (Phi) is 6.27. The average molecular weight is 316 g/mol. The third-order valence-electron chi connectivity index (χ3n) is 3.93. The number of hydrogen-bond donors (Lipinski definition) is 0. The molecule has 0 unspecified atom stereocenters. The topological polar surface area (TPSA) is 44.8 Å². The number of hydrogen-bond acceptors (Lipinski definition) is 4. The number of allylic oxidation sites excluding steroid dienone is 2. The van der Waals surface area contributed by atoms with Crippen LogP contribution in [-0.2, 0) is 14.3 Å². The van der Waals surface area contributed by atoms with Crippen molar-refractivity contribution in [1.29, 1.82) is 0 Å². The molecule has 0 radical (unpaired) electrons. The second kappa shape index (κ2) is 8.42. The van der Waals surface area contributed by atoms with Crippen molar-refractivity contribution in [1.82, 2.24) is 0 Å². The van der Waals surface area contributed by atoms with E-state index in [1.165, 1.54) is 45.3 Å². The number of carbonyl (C=O) groups is 1. The highest BCUT2D eigenvalue weighted by Gasteiger charge is 2.15. The van der Waals surface area contributed by atoms with Gasteiger partial charge in [-0.1, -0.05) is 24.6 Å². The predicted molar refractivity (Wildman–Crippen MR) is 90.0 cm³/mol. The Hall–Kier alpha value is -2.23. The zero-order valence-corrected chi connectivity index (χ0v) is 14.1. The van der Waals surface area contributed by atoms with E-state index in [-0.39, 0.29) is 5.76 Å². The Morgan fingerprint density at radius 1 is 1.17 bits per heavy atom. The van der Waals surface area contributed by atoms with Crippen LogP contribution in [0.25, 0.3) is 5.57 Å². The van der Waals surface area contributed by atoms with Gasteiger partial charge in [-0.2, -0.15) is 0 Å². The summed E-state index contributed by atoms with van der Waals surface area (Å²) in [5, 5.41) is 0. The van der Waals surface area contributed by atoms with Crippen LogP contribution in [0.5, 0.6) is 5.75 Å². The molecule has 2 rings (SSSR count). The molecule has 0 spiro atoms. The van der Waals surface area contributed by atoms with Crippen LogP contribution >= 0.6 is 0 Å². The lowest BCUT2D eigenvalue weighted by Gasteiger charge is -2.13. The minimum Gasteiger partial charge on any atom is -0.500 e. The molecule has 1 aromatic rings. The van der Waals surface area contributed by atoms with Crippen LogP contribution in [0.15, 0.2) is 36.3 Å². The SMILES string of the molecule is CO/C=C(\Oc1cc(C2=CCCCCC2)ccc1C)C(=O)OC. The third-order valence-corrected chi connectivity index (χ3v) is 3.93. The van der Waals surface area contributed by atoms with Gasteiger partial charge in [-0.05, 0) is 55.4 Å². The van der Waals surface area contributed by atoms with Crippen LogP contribution in [0.4, 0.5) is 0 Å². The summed E-state index contributed by atoms with van der Waals surface area (Å²) in [7, 11) is 2.78. The second-order valence-corrected chi connectivity index (χ2v) is 5.62. The Morgan fingerprint density at radius 2 is 2.00 bits per heavy atom. The zero-order chi connectivity index (χ0) is 16.7. The molecule has 0 aromatic heterocycles. The van der Waals surface area contributed by atoms with Crippen molar-refractivity contribution in [3.8, 4) is 5.75 Å². The third kappa shape index (κ3) is 4.62. The fourth-order valence-corrected chi connectivity index (χ4v) is 2.63. The van der Waals surface area contributed by atoms with Gasteiger partial charge in [0.25, 0.3) is 0 Å². The normalized spacial score (nSPS) is 15.4. The fraction of sp³-hybridized carbons (Fsp3) is 0.421. The standard InChI is InChI=1S/C19H24O4/c1-14-10-11-16(15-8-6-4-5-7-9-15)12-17(14)23-18(13-21-2)19(20)22-3/h8,10-13H,4-7,9H2,1-3H3/b18-13-. The van der Waals surface area contributed by atoms with Crippen LogP contribution in [-0.4, -0.2) is 20.2 Å². The maximum atomic E-state index is 11.7. The number of ether oxygens (including phenoxy) is 3. The summed E-state index contributed by atoms with van der Waals surface area (Å²) in [6.07, 6.45) is 9.51. The highest BCUT2D eigenvalue weighted by atomic mass is 16.6. The average Bonchev–Trinajstić information content (AvgIpc) is 2.85. The lowest BCUT2D eigenvalue weighted by Crippen LogP contribution is -2.11. The Labute approximate surface area is 137 Å². The highest BCUT2D eigenvalue weighted by molar-refractivity contribution is 5.86. The number of aryl methyl sites for hydroxylation is 1. The first-order valence-electron chi connectivity index (χ1n) is 7.95. The number of rotatable bonds is 5. The van der Waals surface area contributed by atoms with E-state index in [4.69, 9.17) is 14.2 Å². The summed E-state index contributed by atoms with van der Waals surface area (Å²) in [5.74, 6) is 0.108. The van der Waals surface area contributed by atoms with Crippen LogP contribution in [0.3, 0.4) is 0 Å².